The fourth-order valence-electron chi connectivity index (χ4n) is 2.07. The third-order valence-electron chi connectivity index (χ3n) is 3.07. The van der Waals surface area contributed by atoms with Gasteiger partial charge in [0.05, 0.1) is 5.69 Å². The molecule has 0 aromatic carbocycles. The Balaban J connectivity index is 1.75. The van der Waals surface area contributed by atoms with Gasteiger partial charge in [-0.15, -0.1) is 16.4 Å². The Morgan fingerprint density at radius 3 is 3.00 bits per heavy atom. The molecule has 0 radical (unpaired) electrons. The van der Waals surface area contributed by atoms with Crippen molar-refractivity contribution in [2.75, 3.05) is 7.05 Å². The maximum atomic E-state index is 4.14. The second-order valence-corrected chi connectivity index (χ2v) is 5.58. The fourth-order valence-corrected chi connectivity index (χ4v) is 2.82. The zero-order valence-corrected chi connectivity index (χ0v) is 11.8. The van der Waals surface area contributed by atoms with Gasteiger partial charge >= 0.3 is 0 Å². The van der Waals surface area contributed by atoms with Crippen LogP contribution in [0.1, 0.15) is 23.4 Å². The van der Waals surface area contributed by atoms with Crippen molar-refractivity contribution in [1.82, 2.24) is 20.3 Å². The van der Waals surface area contributed by atoms with Crippen molar-refractivity contribution in [2.24, 2.45) is 7.05 Å². The smallest absolute Gasteiger partial charge is 0.0842 e. The fraction of sp³-hybridized carbons (Fsp3) is 0.538. The Morgan fingerprint density at radius 1 is 1.50 bits per heavy atom. The highest BCUT2D eigenvalue weighted by Crippen LogP contribution is 2.13. The van der Waals surface area contributed by atoms with Crippen molar-refractivity contribution >= 4 is 11.3 Å². The van der Waals surface area contributed by atoms with Crippen molar-refractivity contribution in [3.8, 4) is 0 Å². The van der Waals surface area contributed by atoms with Crippen LogP contribution in [0.5, 0.6) is 0 Å². The first kappa shape index (κ1) is 13.2. The average molecular weight is 264 g/mol. The number of hydrogen-bond acceptors (Lipinski definition) is 4. The molecule has 1 atom stereocenters. The molecule has 98 valence electrons. The normalized spacial score (nSPS) is 12.8. The number of aromatic nitrogens is 3. The molecule has 2 rings (SSSR count). The first-order valence-corrected chi connectivity index (χ1v) is 7.20. The summed E-state index contributed by atoms with van der Waals surface area (Å²) >= 11 is 1.84. The molecule has 0 saturated heterocycles. The topological polar surface area (TPSA) is 42.7 Å². The molecule has 2 heterocycles. The molecule has 2 aromatic heterocycles. The van der Waals surface area contributed by atoms with Gasteiger partial charge in [-0.05, 0) is 37.8 Å². The lowest BCUT2D eigenvalue weighted by Gasteiger charge is -2.14. The van der Waals surface area contributed by atoms with E-state index in [-0.39, 0.29) is 0 Å². The third kappa shape index (κ3) is 3.92. The molecule has 18 heavy (non-hydrogen) atoms. The van der Waals surface area contributed by atoms with Crippen LogP contribution in [0.2, 0.25) is 0 Å². The van der Waals surface area contributed by atoms with Crippen molar-refractivity contribution in [3.63, 3.8) is 0 Å². The molecule has 0 aliphatic carbocycles. The molecule has 0 saturated carbocycles. The highest BCUT2D eigenvalue weighted by atomic mass is 32.1. The predicted molar refractivity (Wildman–Crippen MR) is 74.8 cm³/mol. The van der Waals surface area contributed by atoms with E-state index < -0.39 is 0 Å². The molecule has 0 aliphatic heterocycles. The zero-order valence-electron chi connectivity index (χ0n) is 11.0. The van der Waals surface area contributed by atoms with Crippen LogP contribution in [-0.4, -0.2) is 28.1 Å². The summed E-state index contributed by atoms with van der Waals surface area (Å²) in [4.78, 5) is 1.48. The van der Waals surface area contributed by atoms with Gasteiger partial charge in [-0.1, -0.05) is 11.3 Å². The maximum absolute atomic E-state index is 4.14. The summed E-state index contributed by atoms with van der Waals surface area (Å²) in [5.74, 6) is 0. The predicted octanol–water partition coefficient (Wildman–Crippen LogP) is 2.03. The van der Waals surface area contributed by atoms with E-state index >= 15 is 0 Å². The van der Waals surface area contributed by atoms with Gasteiger partial charge in [-0.3, -0.25) is 4.68 Å². The first-order valence-electron chi connectivity index (χ1n) is 6.33. The number of hydrogen-bond donors (Lipinski definition) is 1. The Bertz CT molecular complexity index is 449. The number of aryl methyl sites for hydroxylation is 2. The Labute approximate surface area is 112 Å². The van der Waals surface area contributed by atoms with E-state index in [4.69, 9.17) is 0 Å². The lowest BCUT2D eigenvalue weighted by atomic mass is 10.0. The van der Waals surface area contributed by atoms with E-state index in [2.05, 4.69) is 33.1 Å². The highest BCUT2D eigenvalue weighted by molar-refractivity contribution is 7.09. The molecule has 0 fully saturated rings. The molecule has 0 spiro atoms. The molecule has 0 bridgehead atoms. The number of thiophene rings is 1. The van der Waals surface area contributed by atoms with Gasteiger partial charge in [0, 0.05) is 30.6 Å². The van der Waals surface area contributed by atoms with Crippen molar-refractivity contribution in [2.45, 2.75) is 31.7 Å². The Hall–Kier alpha value is -1.20. The molecular weight excluding hydrogens is 244 g/mol. The van der Waals surface area contributed by atoms with Gasteiger partial charge in [-0.25, -0.2) is 0 Å². The number of likely N-dealkylation sites (N-methyl/N-ethyl adjacent to an activating group) is 1. The molecule has 0 aliphatic rings. The SMILES string of the molecule is CNC(CCCc1cccs1)Cc1cn(C)nn1. The van der Waals surface area contributed by atoms with Crippen molar-refractivity contribution in [3.05, 3.63) is 34.3 Å². The van der Waals surface area contributed by atoms with Crippen molar-refractivity contribution < 1.29 is 0 Å². The van der Waals surface area contributed by atoms with Gasteiger partial charge in [0.2, 0.25) is 0 Å². The summed E-state index contributed by atoms with van der Waals surface area (Å²) in [6.45, 7) is 0. The van der Waals surface area contributed by atoms with E-state index in [0.717, 1.165) is 12.1 Å². The average Bonchev–Trinajstić information content (AvgIpc) is 3.00. The monoisotopic (exact) mass is 264 g/mol. The van der Waals surface area contributed by atoms with Crippen LogP contribution in [0.25, 0.3) is 0 Å². The molecule has 2 aromatic rings. The first-order chi connectivity index (χ1) is 8.78. The quantitative estimate of drug-likeness (QED) is 0.832. The summed E-state index contributed by atoms with van der Waals surface area (Å²) in [6, 6.07) is 4.82. The molecular formula is C13H20N4S. The van der Waals surface area contributed by atoms with E-state index in [9.17, 15) is 0 Å². The molecule has 1 unspecified atom stereocenters. The zero-order chi connectivity index (χ0) is 12.8. The summed E-state index contributed by atoms with van der Waals surface area (Å²) in [7, 11) is 3.92. The van der Waals surface area contributed by atoms with Gasteiger partial charge in [0.15, 0.2) is 0 Å². The van der Waals surface area contributed by atoms with E-state index in [0.29, 0.717) is 6.04 Å². The minimum atomic E-state index is 0.488. The summed E-state index contributed by atoms with van der Waals surface area (Å²) in [6.07, 6.45) is 6.51. The highest BCUT2D eigenvalue weighted by Gasteiger charge is 2.09. The van der Waals surface area contributed by atoms with Crippen LogP contribution >= 0.6 is 11.3 Å². The Morgan fingerprint density at radius 2 is 2.39 bits per heavy atom. The summed E-state index contributed by atoms with van der Waals surface area (Å²) in [5.41, 5.74) is 1.06. The van der Waals surface area contributed by atoms with Gasteiger partial charge < -0.3 is 5.32 Å². The number of nitrogens with one attached hydrogen (secondary N) is 1. The standard InChI is InChI=1S/C13H20N4S/c1-14-11(9-12-10-17(2)16-15-12)5-3-6-13-7-4-8-18-13/h4,7-8,10-11,14H,3,5-6,9H2,1-2H3. The van der Waals surface area contributed by atoms with Gasteiger partial charge in [0.25, 0.3) is 0 Å². The molecule has 4 nitrogen and oxygen atoms in total. The van der Waals surface area contributed by atoms with E-state index in [1.807, 2.05) is 31.6 Å². The largest absolute Gasteiger partial charge is 0.317 e. The van der Waals surface area contributed by atoms with Crippen LogP contribution in [0, 0.1) is 0 Å². The van der Waals surface area contributed by atoms with Gasteiger partial charge in [-0.2, -0.15) is 0 Å². The van der Waals surface area contributed by atoms with Crippen LogP contribution < -0.4 is 5.32 Å². The van der Waals surface area contributed by atoms with Crippen LogP contribution in [0.15, 0.2) is 23.7 Å². The number of nitrogens with zero attached hydrogens (tertiary/aromatic N) is 3. The van der Waals surface area contributed by atoms with Crippen LogP contribution in [0.3, 0.4) is 0 Å². The van der Waals surface area contributed by atoms with Crippen LogP contribution in [0.4, 0.5) is 0 Å². The second-order valence-electron chi connectivity index (χ2n) is 4.54. The minimum absolute atomic E-state index is 0.488. The lowest BCUT2D eigenvalue weighted by molar-refractivity contribution is 0.498. The molecule has 0 amide bonds. The summed E-state index contributed by atoms with van der Waals surface area (Å²) < 4.78 is 1.76. The molecule has 1 N–H and O–H groups in total. The maximum Gasteiger partial charge on any atom is 0.0842 e. The minimum Gasteiger partial charge on any atom is -0.317 e. The van der Waals surface area contributed by atoms with Gasteiger partial charge in [0.1, 0.15) is 0 Å². The van der Waals surface area contributed by atoms with E-state index in [1.165, 1.54) is 24.1 Å². The van der Waals surface area contributed by atoms with Crippen LogP contribution in [-0.2, 0) is 19.9 Å². The van der Waals surface area contributed by atoms with E-state index in [1.54, 1.807) is 4.68 Å². The summed E-state index contributed by atoms with van der Waals surface area (Å²) in [5, 5.41) is 13.6. The Kier molecular flexibility index (Phi) is 4.90. The number of rotatable bonds is 7. The lowest BCUT2D eigenvalue weighted by Crippen LogP contribution is -2.27. The van der Waals surface area contributed by atoms with Crippen molar-refractivity contribution in [1.29, 1.82) is 0 Å². The second kappa shape index (κ2) is 6.66. The third-order valence-corrected chi connectivity index (χ3v) is 4.01. The molecule has 5 heteroatoms.